The number of aromatic hydroxyl groups is 2. The predicted octanol–water partition coefficient (Wildman–Crippen LogP) is 11.1. The van der Waals surface area contributed by atoms with Gasteiger partial charge in [0, 0.05) is 30.1 Å². The lowest BCUT2D eigenvalue weighted by atomic mass is 9.86. The van der Waals surface area contributed by atoms with Gasteiger partial charge in [-0.2, -0.15) is 0 Å². The van der Waals surface area contributed by atoms with Crippen LogP contribution in [0.25, 0.3) is 0 Å². The van der Waals surface area contributed by atoms with E-state index in [-0.39, 0.29) is 28.5 Å². The molecule has 0 spiro atoms. The Bertz CT molecular complexity index is 1700. The number of hydrogen-bond donors (Lipinski definition) is 4. The molecule has 0 aromatic heterocycles. The van der Waals surface area contributed by atoms with E-state index in [1.165, 1.54) is 55.7 Å². The van der Waals surface area contributed by atoms with Crippen molar-refractivity contribution >= 4 is 24.0 Å². The van der Waals surface area contributed by atoms with Gasteiger partial charge in [-0.3, -0.25) is 9.62 Å². The largest absolute Gasteiger partial charge is 0.508 e. The summed E-state index contributed by atoms with van der Waals surface area (Å²) in [6.07, 6.45) is 12.4. The summed E-state index contributed by atoms with van der Waals surface area (Å²) in [4.78, 5) is 2.54. The van der Waals surface area contributed by atoms with E-state index >= 15 is 0 Å². The SMILES string of the molecule is CC(C)N(CC[C@H](c1ccccc1)c1cc(CCCCCCCCCCNC[C@H](O[Si](C)(C)C(C)(C)C)c2ccc(O)c(NS(C)(=O)=O)c2)ccc1O)C(C)C. The van der Waals surface area contributed by atoms with E-state index in [1.54, 1.807) is 6.07 Å². The molecule has 0 radical (unpaired) electrons. The Balaban J connectivity index is 1.43. The number of benzene rings is 3. The number of phenolic OH excluding ortho intramolecular Hbond substituents is 2. The number of aryl methyl sites for hydroxylation is 1. The minimum Gasteiger partial charge on any atom is -0.508 e. The van der Waals surface area contributed by atoms with Gasteiger partial charge >= 0.3 is 0 Å². The Morgan fingerprint density at radius 2 is 1.36 bits per heavy atom. The Hall–Kier alpha value is -2.89. The normalized spacial score (nSPS) is 13.8. The van der Waals surface area contributed by atoms with Crippen molar-refractivity contribution in [3.05, 3.63) is 89.0 Å². The number of phenols is 2. The van der Waals surface area contributed by atoms with E-state index in [0.29, 0.717) is 24.4 Å². The fourth-order valence-electron chi connectivity index (χ4n) is 7.28. The molecule has 3 aromatic carbocycles. The molecule has 10 heteroatoms. The van der Waals surface area contributed by atoms with Gasteiger partial charge < -0.3 is 20.0 Å². The van der Waals surface area contributed by atoms with Crippen molar-refractivity contribution in [3.8, 4) is 11.5 Å². The zero-order chi connectivity index (χ0) is 41.5. The number of sulfonamides is 1. The molecule has 0 aliphatic heterocycles. The van der Waals surface area contributed by atoms with Crippen molar-refractivity contribution in [1.82, 2.24) is 10.2 Å². The van der Waals surface area contributed by atoms with Crippen molar-refractivity contribution < 1.29 is 23.1 Å². The molecule has 0 aliphatic rings. The van der Waals surface area contributed by atoms with E-state index in [9.17, 15) is 18.6 Å². The lowest BCUT2D eigenvalue weighted by Crippen LogP contribution is -2.43. The fraction of sp³-hybridized carbons (Fsp3) is 0.609. The second kappa shape index (κ2) is 22.3. The summed E-state index contributed by atoms with van der Waals surface area (Å²) in [5.41, 5.74) is 4.62. The minimum atomic E-state index is -3.54. The monoisotopic (exact) mass is 810 g/mol. The molecule has 314 valence electrons. The topological polar surface area (TPSA) is 111 Å². The Kier molecular flexibility index (Phi) is 18.9. The molecule has 2 atom stereocenters. The van der Waals surface area contributed by atoms with Crippen molar-refractivity contribution in [2.45, 2.75) is 155 Å². The maximum absolute atomic E-state index is 11.9. The maximum Gasteiger partial charge on any atom is 0.229 e. The second-order valence-electron chi connectivity index (χ2n) is 17.9. The summed E-state index contributed by atoms with van der Waals surface area (Å²) in [6, 6.07) is 22.9. The van der Waals surface area contributed by atoms with Gasteiger partial charge in [0.2, 0.25) is 10.0 Å². The second-order valence-corrected chi connectivity index (χ2v) is 24.4. The van der Waals surface area contributed by atoms with Crippen LogP contribution in [-0.2, 0) is 20.9 Å². The number of nitrogens with zero attached hydrogens (tertiary/aromatic N) is 1. The third-order valence-electron chi connectivity index (χ3n) is 11.5. The van der Waals surface area contributed by atoms with Crippen molar-refractivity contribution in [2.24, 2.45) is 0 Å². The molecule has 0 fully saturated rings. The highest BCUT2D eigenvalue weighted by Gasteiger charge is 2.39. The quantitative estimate of drug-likeness (QED) is 0.0383. The molecule has 0 aliphatic carbocycles. The van der Waals surface area contributed by atoms with Crippen LogP contribution >= 0.6 is 0 Å². The summed E-state index contributed by atoms with van der Waals surface area (Å²) in [5.74, 6) is 0.443. The number of anilines is 1. The summed E-state index contributed by atoms with van der Waals surface area (Å²) < 4.78 is 33.0. The van der Waals surface area contributed by atoms with Crippen LogP contribution in [0.2, 0.25) is 18.1 Å². The van der Waals surface area contributed by atoms with Crippen LogP contribution in [-0.4, -0.2) is 69.8 Å². The lowest BCUT2D eigenvalue weighted by Gasteiger charge is -2.39. The Morgan fingerprint density at radius 3 is 1.95 bits per heavy atom. The van der Waals surface area contributed by atoms with E-state index in [2.05, 4.69) is 119 Å². The molecule has 0 bridgehead atoms. The molecule has 3 rings (SSSR count). The van der Waals surface area contributed by atoms with Gasteiger partial charge in [0.1, 0.15) is 11.5 Å². The Morgan fingerprint density at radius 1 is 0.768 bits per heavy atom. The summed E-state index contributed by atoms with van der Waals surface area (Å²) in [5, 5.41) is 25.0. The van der Waals surface area contributed by atoms with Gasteiger partial charge in [-0.25, -0.2) is 8.42 Å². The first-order chi connectivity index (χ1) is 26.3. The third kappa shape index (κ3) is 15.8. The maximum atomic E-state index is 11.9. The first-order valence-corrected chi connectivity index (χ1v) is 25.9. The highest BCUT2D eigenvalue weighted by atomic mass is 32.2. The van der Waals surface area contributed by atoms with Gasteiger partial charge in [-0.1, -0.05) is 108 Å². The average Bonchev–Trinajstić information content (AvgIpc) is 3.10. The van der Waals surface area contributed by atoms with Gasteiger partial charge in [0.15, 0.2) is 8.32 Å². The first kappa shape index (κ1) is 47.5. The van der Waals surface area contributed by atoms with E-state index in [0.717, 1.165) is 56.2 Å². The summed E-state index contributed by atoms with van der Waals surface area (Å²) >= 11 is 0. The van der Waals surface area contributed by atoms with Crippen LogP contribution < -0.4 is 10.0 Å². The molecular weight excluding hydrogens is 735 g/mol. The van der Waals surface area contributed by atoms with Crippen LogP contribution in [0.4, 0.5) is 5.69 Å². The number of hydrogen-bond acceptors (Lipinski definition) is 7. The van der Waals surface area contributed by atoms with Gasteiger partial charge in [0.05, 0.1) is 18.0 Å². The van der Waals surface area contributed by atoms with Crippen molar-refractivity contribution in [1.29, 1.82) is 0 Å². The number of rotatable bonds is 25. The zero-order valence-corrected chi connectivity index (χ0v) is 38.1. The molecule has 0 saturated heterocycles. The zero-order valence-electron chi connectivity index (χ0n) is 36.3. The average molecular weight is 810 g/mol. The standard InChI is InChI=1S/C46H75N3O5SSi/c1-35(2)49(36(3)4)31-29-40(38-23-19-17-20-24-38)41-32-37(25-27-43(41)50)22-18-15-13-11-12-14-16-21-30-47-34-45(54-56(9,10)46(5,6)7)39-26-28-44(51)42(33-39)48-55(8,52)53/h17,19-20,23-28,32-33,35-36,40,45,47-48,50-51H,11-16,18,21-22,29-31,34H2,1-10H3/t40-,45+/m1/s1. The molecule has 0 heterocycles. The fourth-order valence-corrected chi connectivity index (χ4v) is 9.13. The van der Waals surface area contributed by atoms with Crippen LogP contribution in [0.15, 0.2) is 66.7 Å². The first-order valence-electron chi connectivity index (χ1n) is 21.1. The van der Waals surface area contributed by atoms with Crippen molar-refractivity contribution in [3.63, 3.8) is 0 Å². The highest BCUT2D eigenvalue weighted by Crippen LogP contribution is 2.41. The summed E-state index contributed by atoms with van der Waals surface area (Å²) in [6.45, 7) is 22.6. The molecule has 0 saturated carbocycles. The number of nitrogens with one attached hydrogen (secondary N) is 2. The van der Waals surface area contributed by atoms with E-state index in [1.807, 2.05) is 12.1 Å². The molecule has 8 nitrogen and oxygen atoms in total. The predicted molar refractivity (Wildman–Crippen MR) is 239 cm³/mol. The smallest absolute Gasteiger partial charge is 0.229 e. The third-order valence-corrected chi connectivity index (χ3v) is 16.6. The molecule has 56 heavy (non-hydrogen) atoms. The van der Waals surface area contributed by atoms with Crippen LogP contribution in [0, 0.1) is 0 Å². The van der Waals surface area contributed by atoms with E-state index < -0.39 is 18.3 Å². The van der Waals surface area contributed by atoms with Crippen LogP contribution in [0.5, 0.6) is 11.5 Å². The van der Waals surface area contributed by atoms with Gasteiger partial charge in [-0.15, -0.1) is 0 Å². The molecular formula is C46H75N3O5SSi. The lowest BCUT2D eigenvalue weighted by molar-refractivity contribution is 0.170. The number of unbranched alkanes of at least 4 members (excludes halogenated alkanes) is 7. The highest BCUT2D eigenvalue weighted by molar-refractivity contribution is 7.92. The Labute approximate surface area is 342 Å². The van der Waals surface area contributed by atoms with Gasteiger partial charge in [0.25, 0.3) is 0 Å². The molecule has 0 unspecified atom stereocenters. The van der Waals surface area contributed by atoms with E-state index in [4.69, 9.17) is 4.43 Å². The summed E-state index contributed by atoms with van der Waals surface area (Å²) in [7, 11) is -5.68. The molecule has 3 aromatic rings. The van der Waals surface area contributed by atoms with Crippen molar-refractivity contribution in [2.75, 3.05) is 30.6 Å². The molecule has 4 N–H and O–H groups in total. The van der Waals surface area contributed by atoms with Crippen LogP contribution in [0.1, 0.15) is 141 Å². The van der Waals surface area contributed by atoms with Crippen LogP contribution in [0.3, 0.4) is 0 Å². The minimum absolute atomic E-state index is 0.0142. The van der Waals surface area contributed by atoms with Gasteiger partial charge in [-0.05, 0) is 119 Å². The molecule has 0 amide bonds.